The molecule has 0 aliphatic heterocycles. The molecular formula is C61H45N5OPt-2. The monoisotopic (exact) mass is 1070 g/mol. The minimum Gasteiger partial charge on any atom is -0.510 e. The standard InChI is InChI=1S/C61H45N5O.Pt/c1-40-32-42(38-62)33-41(2)59(40)45-26-29-55-57(34-45)64(39-65(55)60-50(43-16-8-6-9-17-43)23-15-24-51(60)44-18-10-7-11-19-44)47-20-14-21-48(36-47)67-49-27-28-53-52-22-12-13-25-54(52)66(56(53)37-49)58-35-46(30-31-63-58)61(3,4)5;/h6-35H,1-5H3;/q-2;/i1D3,2D3,6D,7D,8D,9D,10D,11D,16D,17D,18D,19D;. The van der Waals surface area contributed by atoms with E-state index in [2.05, 4.69) is 39.2 Å². The van der Waals surface area contributed by atoms with E-state index in [0.29, 0.717) is 17.1 Å². The third kappa shape index (κ3) is 7.89. The zero-order chi connectivity index (χ0) is 59.5. The number of aryl methyl sites for hydroxylation is 2. The maximum atomic E-state index is 9.99. The van der Waals surface area contributed by atoms with E-state index in [4.69, 9.17) is 31.7 Å². The molecule has 0 spiro atoms. The van der Waals surface area contributed by atoms with E-state index in [9.17, 15) is 5.26 Å². The second-order valence-electron chi connectivity index (χ2n) is 16.8. The summed E-state index contributed by atoms with van der Waals surface area (Å²) in [7, 11) is 0. The van der Waals surface area contributed by atoms with Crippen LogP contribution < -0.4 is 9.30 Å². The van der Waals surface area contributed by atoms with Crippen molar-refractivity contribution in [2.24, 2.45) is 0 Å². The first-order valence-electron chi connectivity index (χ1n) is 29.2. The van der Waals surface area contributed by atoms with Gasteiger partial charge >= 0.3 is 0 Å². The molecule has 0 saturated heterocycles. The Morgan fingerprint density at radius 1 is 0.691 bits per heavy atom. The van der Waals surface area contributed by atoms with Gasteiger partial charge in [0, 0.05) is 52.5 Å². The number of pyridine rings is 1. The van der Waals surface area contributed by atoms with Gasteiger partial charge in [0.25, 0.3) is 6.33 Å². The first-order chi connectivity index (χ1) is 39.2. The maximum absolute atomic E-state index is 9.99. The van der Waals surface area contributed by atoms with E-state index in [-0.39, 0.29) is 93.6 Å². The number of hydrogen-bond acceptors (Lipinski definition) is 3. The number of fused-ring (bicyclic) bond motifs is 4. The Balaban J connectivity index is 0.00000786. The van der Waals surface area contributed by atoms with Crippen molar-refractivity contribution in [3.63, 3.8) is 0 Å². The molecule has 0 radical (unpaired) electrons. The fourth-order valence-electron chi connectivity index (χ4n) is 8.51. The number of aromatic nitrogens is 4. The van der Waals surface area contributed by atoms with Crippen LogP contribution in [0.15, 0.2) is 182 Å². The first-order valence-corrected chi connectivity index (χ1v) is 21.2. The smallest absolute Gasteiger partial charge is 0.268 e. The minimum absolute atomic E-state index is 0. The fraction of sp³-hybridized carbons (Fsp3) is 0.0984. The summed E-state index contributed by atoms with van der Waals surface area (Å²) in [5.74, 6) is 1.15. The number of nitrogens with zero attached hydrogens (tertiary/aromatic N) is 5. The summed E-state index contributed by atoms with van der Waals surface area (Å²) in [5.41, 5.74) is 1.18. The van der Waals surface area contributed by atoms with Crippen molar-refractivity contribution in [2.75, 3.05) is 0 Å². The molecule has 0 saturated carbocycles. The van der Waals surface area contributed by atoms with E-state index in [1.54, 1.807) is 30.5 Å². The van der Waals surface area contributed by atoms with Crippen LogP contribution >= 0.6 is 0 Å². The molecule has 3 aromatic heterocycles. The van der Waals surface area contributed by atoms with E-state index < -0.39 is 85.3 Å². The Hall–Kier alpha value is -7.84. The van der Waals surface area contributed by atoms with E-state index >= 15 is 0 Å². The molecule has 332 valence electrons. The van der Waals surface area contributed by atoms with Crippen molar-refractivity contribution in [3.05, 3.63) is 223 Å². The van der Waals surface area contributed by atoms with E-state index in [1.165, 1.54) is 45.5 Å². The molecule has 11 rings (SSSR count). The number of imidazole rings is 1. The topological polar surface area (TPSA) is 59.6 Å². The van der Waals surface area contributed by atoms with Crippen molar-refractivity contribution in [2.45, 2.75) is 39.9 Å². The number of nitriles is 1. The van der Waals surface area contributed by atoms with Crippen LogP contribution in [0.4, 0.5) is 0 Å². The van der Waals surface area contributed by atoms with Crippen LogP contribution in [0.25, 0.3) is 83.4 Å². The molecule has 7 heteroatoms. The summed E-state index contributed by atoms with van der Waals surface area (Å²) in [6, 6.07) is 34.0. The zero-order valence-corrected chi connectivity index (χ0v) is 38.8. The number of ether oxygens (including phenoxy) is 1. The van der Waals surface area contributed by atoms with Crippen molar-refractivity contribution >= 4 is 32.8 Å². The molecule has 11 aromatic rings. The van der Waals surface area contributed by atoms with Crippen molar-refractivity contribution in [3.8, 4) is 68.1 Å². The SMILES string of the molecule is [2H]c1c([2H])c([2H])c(-c2cccc(-c3c([2H])c([2H])c([2H])c([2H])c3[2H])c2-[n+]2[c-]n(-c3[c-]c(Oc4[c-]c5c(cc4)c4ccccc4n5-c4cc(C(C)(C)C)ccn4)ccc3)c3cc(-c4c(C([2H])([2H])[2H])cc(C#N)cc4C([2H])([2H])[2H])ccc32)c([2H])c1[2H].[Pt]. The Labute approximate surface area is 433 Å². The molecule has 3 heterocycles. The van der Waals surface area contributed by atoms with Gasteiger partial charge in [0.1, 0.15) is 5.82 Å². The fourth-order valence-corrected chi connectivity index (χ4v) is 8.51. The van der Waals surface area contributed by atoms with Gasteiger partial charge in [0.2, 0.25) is 0 Å². The number of benzene rings is 8. The van der Waals surface area contributed by atoms with Gasteiger partial charge in [0.15, 0.2) is 0 Å². The average molecular weight is 1080 g/mol. The van der Waals surface area contributed by atoms with Gasteiger partial charge in [-0.15, -0.1) is 29.7 Å². The maximum Gasteiger partial charge on any atom is 0.268 e. The van der Waals surface area contributed by atoms with Crippen LogP contribution in [0.2, 0.25) is 0 Å². The third-order valence-electron chi connectivity index (χ3n) is 11.6. The van der Waals surface area contributed by atoms with Crippen LogP contribution in [0.1, 0.15) is 65.0 Å². The molecule has 68 heavy (non-hydrogen) atoms. The summed E-state index contributed by atoms with van der Waals surface area (Å²) in [6.07, 6.45) is 5.09. The van der Waals surface area contributed by atoms with Gasteiger partial charge in [-0.2, -0.15) is 23.5 Å². The predicted molar refractivity (Wildman–Crippen MR) is 269 cm³/mol. The molecule has 0 atom stereocenters. The molecule has 8 aromatic carbocycles. The van der Waals surface area contributed by atoms with Crippen LogP contribution in [-0.4, -0.2) is 14.1 Å². The molecule has 0 amide bonds. The van der Waals surface area contributed by atoms with Gasteiger partial charge in [-0.25, -0.2) is 4.98 Å². The second kappa shape index (κ2) is 17.8. The molecule has 0 unspecified atom stereocenters. The Morgan fingerprint density at radius 3 is 2.07 bits per heavy atom. The first kappa shape index (κ1) is 29.0. The van der Waals surface area contributed by atoms with E-state index in [0.717, 1.165) is 34.0 Å². The number of rotatable bonds is 8. The summed E-state index contributed by atoms with van der Waals surface area (Å²) < 4.78 is 151. The Bertz CT molecular complexity index is 4410. The quantitative estimate of drug-likeness (QED) is 0.113. The van der Waals surface area contributed by atoms with Crippen molar-refractivity contribution in [1.82, 2.24) is 14.1 Å². The number of para-hydroxylation sites is 2. The molecule has 0 aliphatic carbocycles. The van der Waals surface area contributed by atoms with Gasteiger partial charge in [0.05, 0.1) is 42.1 Å². The molecular weight excluding hydrogens is 1010 g/mol. The molecule has 0 fully saturated rings. The van der Waals surface area contributed by atoms with Crippen LogP contribution in [0.3, 0.4) is 0 Å². The Kier molecular flexibility index (Phi) is 7.58. The van der Waals surface area contributed by atoms with Gasteiger partial charge < -0.3 is 13.9 Å². The summed E-state index contributed by atoms with van der Waals surface area (Å²) >= 11 is 0. The van der Waals surface area contributed by atoms with E-state index in [1.807, 2.05) is 53.1 Å². The molecule has 0 N–H and O–H groups in total. The summed E-state index contributed by atoms with van der Waals surface area (Å²) in [5, 5.41) is 11.8. The molecule has 0 aliphatic rings. The van der Waals surface area contributed by atoms with Gasteiger partial charge in [-0.3, -0.25) is 4.57 Å². The minimum atomic E-state index is -2.94. The molecule has 0 bridgehead atoms. The van der Waals surface area contributed by atoms with Crippen molar-refractivity contribution in [1.29, 1.82) is 5.26 Å². The largest absolute Gasteiger partial charge is 0.510 e. The summed E-state index contributed by atoms with van der Waals surface area (Å²) in [6.45, 7) is 0.504. The molecule has 6 nitrogen and oxygen atoms in total. The second-order valence-corrected chi connectivity index (χ2v) is 16.8. The zero-order valence-electron chi connectivity index (χ0n) is 52.5. The predicted octanol–water partition coefficient (Wildman–Crippen LogP) is 14.4. The average Bonchev–Trinajstić information content (AvgIpc) is 1.67. The van der Waals surface area contributed by atoms with Crippen LogP contribution in [-0.2, 0) is 26.5 Å². The van der Waals surface area contributed by atoms with Crippen LogP contribution in [0.5, 0.6) is 11.5 Å². The van der Waals surface area contributed by atoms with Crippen LogP contribution in [0, 0.1) is 43.5 Å². The normalized spacial score (nSPS) is 15.2. The van der Waals surface area contributed by atoms with Gasteiger partial charge in [-0.1, -0.05) is 135 Å². The van der Waals surface area contributed by atoms with Crippen molar-refractivity contribution < 1.29 is 52.3 Å². The number of hydrogen-bond donors (Lipinski definition) is 0. The summed E-state index contributed by atoms with van der Waals surface area (Å²) in [4.78, 5) is 4.79. The Morgan fingerprint density at radius 2 is 1.38 bits per heavy atom. The third-order valence-corrected chi connectivity index (χ3v) is 11.6. The van der Waals surface area contributed by atoms with Gasteiger partial charge in [-0.05, 0) is 117 Å².